The Morgan fingerprint density at radius 1 is 1.45 bits per heavy atom. The number of nitrogens with two attached hydrogens (primary N) is 1. The van der Waals surface area contributed by atoms with Gasteiger partial charge in [-0.25, -0.2) is 13.1 Å². The Balaban J connectivity index is 2.30. The number of rotatable bonds is 4. The zero-order chi connectivity index (χ0) is 14.9. The molecule has 0 bridgehead atoms. The minimum atomic E-state index is -3.67. The standard InChI is InChI=1S/C12H17Cl2N3O2S/c1-17-5-4-8(7-17)16-20(18,19)11-3-2-10(13)9(6-15)12(11)14/h2-3,8,16H,4-7,15H2,1H3. The van der Waals surface area contributed by atoms with Gasteiger partial charge < -0.3 is 10.6 Å². The molecule has 0 spiro atoms. The van der Waals surface area contributed by atoms with Crippen LogP contribution in [0.25, 0.3) is 0 Å². The van der Waals surface area contributed by atoms with Crippen LogP contribution in [0.2, 0.25) is 10.0 Å². The van der Waals surface area contributed by atoms with Crippen molar-refractivity contribution in [2.24, 2.45) is 5.73 Å². The molecule has 2 rings (SSSR count). The van der Waals surface area contributed by atoms with Gasteiger partial charge in [-0.3, -0.25) is 0 Å². The second-order valence-electron chi connectivity index (χ2n) is 4.91. The topological polar surface area (TPSA) is 75.4 Å². The third-order valence-electron chi connectivity index (χ3n) is 3.36. The van der Waals surface area contributed by atoms with E-state index >= 15 is 0 Å². The van der Waals surface area contributed by atoms with E-state index in [-0.39, 0.29) is 22.5 Å². The fourth-order valence-corrected chi connectivity index (χ4v) is 4.48. The molecular weight excluding hydrogens is 321 g/mol. The SMILES string of the molecule is CN1CCC(NS(=O)(=O)c2ccc(Cl)c(CN)c2Cl)C1. The van der Waals surface area contributed by atoms with Gasteiger partial charge in [-0.2, -0.15) is 0 Å². The molecule has 1 unspecified atom stereocenters. The average Bonchev–Trinajstić information content (AvgIpc) is 2.74. The zero-order valence-corrected chi connectivity index (χ0v) is 13.4. The van der Waals surface area contributed by atoms with E-state index in [0.29, 0.717) is 17.1 Å². The van der Waals surface area contributed by atoms with Crippen molar-refractivity contribution in [2.45, 2.75) is 23.9 Å². The maximum atomic E-state index is 12.4. The highest BCUT2D eigenvalue weighted by Gasteiger charge is 2.27. The summed E-state index contributed by atoms with van der Waals surface area (Å²) in [5.74, 6) is 0. The van der Waals surface area contributed by atoms with E-state index in [0.717, 1.165) is 13.0 Å². The molecule has 1 aromatic carbocycles. The highest BCUT2D eigenvalue weighted by Crippen LogP contribution is 2.31. The monoisotopic (exact) mass is 337 g/mol. The third kappa shape index (κ3) is 3.27. The molecule has 1 saturated heterocycles. The fraction of sp³-hybridized carbons (Fsp3) is 0.500. The van der Waals surface area contributed by atoms with Gasteiger partial charge in [0.25, 0.3) is 0 Å². The Kier molecular flexibility index (Phi) is 4.94. The molecule has 1 aliphatic heterocycles. The number of sulfonamides is 1. The first-order valence-corrected chi connectivity index (χ1v) is 8.47. The van der Waals surface area contributed by atoms with Gasteiger partial charge in [0.15, 0.2) is 0 Å². The summed E-state index contributed by atoms with van der Waals surface area (Å²) in [5, 5.41) is 0.468. The summed E-state index contributed by atoms with van der Waals surface area (Å²) in [4.78, 5) is 2.10. The molecule has 1 aliphatic rings. The Morgan fingerprint density at radius 3 is 2.70 bits per heavy atom. The first-order chi connectivity index (χ1) is 9.35. The smallest absolute Gasteiger partial charge is 0.242 e. The summed E-state index contributed by atoms with van der Waals surface area (Å²) in [6.45, 7) is 1.65. The van der Waals surface area contributed by atoms with Crippen LogP contribution in [0.5, 0.6) is 0 Å². The van der Waals surface area contributed by atoms with Crippen LogP contribution in [-0.2, 0) is 16.6 Å². The lowest BCUT2D eigenvalue weighted by molar-refractivity contribution is 0.407. The van der Waals surface area contributed by atoms with Crippen molar-refractivity contribution in [1.82, 2.24) is 9.62 Å². The lowest BCUT2D eigenvalue weighted by Gasteiger charge is -2.15. The van der Waals surface area contributed by atoms with Crippen molar-refractivity contribution < 1.29 is 8.42 Å². The summed E-state index contributed by atoms with van der Waals surface area (Å²) in [6.07, 6.45) is 0.782. The Bertz CT molecular complexity index is 607. The van der Waals surface area contributed by atoms with E-state index in [1.807, 2.05) is 7.05 Å². The van der Waals surface area contributed by atoms with Crippen LogP contribution < -0.4 is 10.5 Å². The lowest BCUT2D eigenvalue weighted by Crippen LogP contribution is -2.36. The van der Waals surface area contributed by atoms with Crippen LogP contribution in [-0.4, -0.2) is 39.5 Å². The van der Waals surface area contributed by atoms with Gasteiger partial charge in [0.2, 0.25) is 10.0 Å². The Morgan fingerprint density at radius 2 is 2.15 bits per heavy atom. The number of hydrogen-bond acceptors (Lipinski definition) is 4. The van der Waals surface area contributed by atoms with Crippen LogP contribution in [0.4, 0.5) is 0 Å². The quantitative estimate of drug-likeness (QED) is 0.871. The van der Waals surface area contributed by atoms with Gasteiger partial charge in [0, 0.05) is 29.7 Å². The molecule has 0 aromatic heterocycles. The van der Waals surface area contributed by atoms with E-state index in [2.05, 4.69) is 9.62 Å². The van der Waals surface area contributed by atoms with Crippen LogP contribution in [0, 0.1) is 0 Å². The van der Waals surface area contributed by atoms with E-state index in [1.165, 1.54) is 12.1 Å². The maximum Gasteiger partial charge on any atom is 0.242 e. The summed E-state index contributed by atoms with van der Waals surface area (Å²) >= 11 is 12.1. The molecular formula is C12H17Cl2N3O2S. The normalized spacial score (nSPS) is 20.5. The van der Waals surface area contributed by atoms with Crippen LogP contribution in [0.3, 0.4) is 0 Å². The predicted octanol–water partition coefficient (Wildman–Crippen LogP) is 1.43. The molecule has 1 heterocycles. The summed E-state index contributed by atoms with van der Waals surface area (Å²) in [6, 6.07) is 2.81. The van der Waals surface area contributed by atoms with Crippen molar-refractivity contribution >= 4 is 33.2 Å². The average molecular weight is 338 g/mol. The highest BCUT2D eigenvalue weighted by atomic mass is 35.5. The maximum absolute atomic E-state index is 12.4. The molecule has 1 aromatic rings. The third-order valence-corrected chi connectivity index (χ3v) is 5.82. The highest BCUT2D eigenvalue weighted by molar-refractivity contribution is 7.89. The van der Waals surface area contributed by atoms with Gasteiger partial charge in [0.1, 0.15) is 4.90 Å². The number of hydrogen-bond donors (Lipinski definition) is 2. The number of likely N-dealkylation sites (tertiary alicyclic amines) is 1. The van der Waals surface area contributed by atoms with E-state index in [4.69, 9.17) is 28.9 Å². The first-order valence-electron chi connectivity index (χ1n) is 6.23. The molecule has 20 heavy (non-hydrogen) atoms. The minimum absolute atomic E-state index is 0.0265. The van der Waals surface area contributed by atoms with Crippen molar-refractivity contribution in [3.8, 4) is 0 Å². The number of nitrogens with zero attached hydrogens (tertiary/aromatic N) is 1. The molecule has 0 aliphatic carbocycles. The van der Waals surface area contributed by atoms with Crippen LogP contribution >= 0.6 is 23.2 Å². The van der Waals surface area contributed by atoms with Gasteiger partial charge in [-0.1, -0.05) is 23.2 Å². The zero-order valence-electron chi connectivity index (χ0n) is 11.1. The molecule has 1 atom stereocenters. The molecule has 0 saturated carbocycles. The number of benzene rings is 1. The number of halogens is 2. The summed E-state index contributed by atoms with van der Waals surface area (Å²) < 4.78 is 27.5. The number of likely N-dealkylation sites (N-methyl/N-ethyl adjacent to an activating group) is 1. The van der Waals surface area contributed by atoms with Gasteiger partial charge >= 0.3 is 0 Å². The molecule has 112 valence electrons. The summed E-state index contributed by atoms with van der Waals surface area (Å²) in [5.41, 5.74) is 6.00. The Labute approximate surface area is 129 Å². The van der Waals surface area contributed by atoms with E-state index in [9.17, 15) is 8.42 Å². The summed E-state index contributed by atoms with van der Waals surface area (Å²) in [7, 11) is -1.72. The van der Waals surface area contributed by atoms with Crippen molar-refractivity contribution in [1.29, 1.82) is 0 Å². The minimum Gasteiger partial charge on any atom is -0.326 e. The van der Waals surface area contributed by atoms with Crippen LogP contribution in [0.1, 0.15) is 12.0 Å². The fourth-order valence-electron chi connectivity index (χ4n) is 2.28. The molecule has 5 nitrogen and oxygen atoms in total. The predicted molar refractivity (Wildman–Crippen MR) is 80.6 cm³/mol. The second kappa shape index (κ2) is 6.17. The van der Waals surface area contributed by atoms with Crippen molar-refractivity contribution in [3.05, 3.63) is 27.7 Å². The van der Waals surface area contributed by atoms with E-state index in [1.54, 1.807) is 0 Å². The molecule has 8 heteroatoms. The van der Waals surface area contributed by atoms with Crippen molar-refractivity contribution in [2.75, 3.05) is 20.1 Å². The van der Waals surface area contributed by atoms with E-state index < -0.39 is 10.0 Å². The van der Waals surface area contributed by atoms with Crippen LogP contribution in [0.15, 0.2) is 17.0 Å². The molecule has 3 N–H and O–H groups in total. The lowest BCUT2D eigenvalue weighted by atomic mass is 10.2. The molecule has 0 radical (unpaired) electrons. The molecule has 1 fully saturated rings. The van der Waals surface area contributed by atoms with Gasteiger partial charge in [0.05, 0.1) is 5.02 Å². The van der Waals surface area contributed by atoms with Gasteiger partial charge in [-0.05, 0) is 32.1 Å². The van der Waals surface area contributed by atoms with Gasteiger partial charge in [-0.15, -0.1) is 0 Å². The Hall–Kier alpha value is -0.370. The second-order valence-corrected chi connectivity index (χ2v) is 7.38. The largest absolute Gasteiger partial charge is 0.326 e. The molecule has 0 amide bonds. The number of nitrogens with one attached hydrogen (secondary N) is 1. The van der Waals surface area contributed by atoms with Crippen molar-refractivity contribution in [3.63, 3.8) is 0 Å². The first kappa shape index (κ1) is 16.0.